The second-order valence-corrected chi connectivity index (χ2v) is 8.43. The first kappa shape index (κ1) is 18.9. The number of carbonyl (C=O) groups excluding carboxylic acids is 2. The molecular formula is C21H22FN5O3. The van der Waals surface area contributed by atoms with E-state index in [-0.39, 0.29) is 23.8 Å². The maximum Gasteiger partial charge on any atom is 0.258 e. The van der Waals surface area contributed by atoms with E-state index in [0.29, 0.717) is 52.5 Å². The molecule has 1 amide bonds. The molecule has 2 aliphatic heterocycles. The number of carbonyl (C=O) groups is 2. The molecule has 4 heterocycles. The quantitative estimate of drug-likeness (QED) is 0.830. The summed E-state index contributed by atoms with van der Waals surface area (Å²) >= 11 is 0. The highest BCUT2D eigenvalue weighted by Gasteiger charge is 2.39. The van der Waals surface area contributed by atoms with Crippen molar-refractivity contribution in [3.8, 4) is 0 Å². The number of rotatable bonds is 4. The fraction of sp³-hybridized carbons (Fsp3) is 0.476. The molecule has 0 radical (unpaired) electrons. The number of ketones is 1. The summed E-state index contributed by atoms with van der Waals surface area (Å²) in [6.07, 6.45) is 5.21. The smallest absolute Gasteiger partial charge is 0.258 e. The predicted molar refractivity (Wildman–Crippen MR) is 108 cm³/mol. The Morgan fingerprint density at radius 1 is 1.40 bits per heavy atom. The monoisotopic (exact) mass is 411 g/mol. The zero-order valence-electron chi connectivity index (χ0n) is 16.9. The Morgan fingerprint density at radius 2 is 2.20 bits per heavy atom. The van der Waals surface area contributed by atoms with Crippen LogP contribution in [-0.2, 0) is 4.79 Å². The number of aromatic nitrogens is 2. The van der Waals surface area contributed by atoms with E-state index in [1.165, 1.54) is 12.5 Å². The average Bonchev–Trinajstić information content (AvgIpc) is 3.35. The summed E-state index contributed by atoms with van der Waals surface area (Å²) in [4.78, 5) is 40.3. The van der Waals surface area contributed by atoms with Gasteiger partial charge < -0.3 is 14.6 Å². The van der Waals surface area contributed by atoms with Crippen LogP contribution in [0.4, 0.5) is 10.2 Å². The zero-order chi connectivity index (χ0) is 21.0. The number of aliphatic imine (C=N–C) groups is 1. The lowest BCUT2D eigenvalue weighted by atomic mass is 9.91. The van der Waals surface area contributed by atoms with Crippen LogP contribution in [0.1, 0.15) is 42.3 Å². The number of halogens is 1. The molecule has 1 aliphatic carbocycles. The number of hydrogen-bond acceptors (Lipinski definition) is 7. The van der Waals surface area contributed by atoms with Crippen molar-refractivity contribution in [2.45, 2.75) is 38.6 Å². The van der Waals surface area contributed by atoms with Crippen molar-refractivity contribution in [3.05, 3.63) is 28.9 Å². The molecule has 3 aliphatic rings. The summed E-state index contributed by atoms with van der Waals surface area (Å²) < 4.78 is 18.8. The Balaban J connectivity index is 1.48. The van der Waals surface area contributed by atoms with Gasteiger partial charge in [0, 0.05) is 23.9 Å². The normalized spacial score (nSPS) is 22.4. The first-order valence-corrected chi connectivity index (χ1v) is 10.1. The third-order valence-corrected chi connectivity index (χ3v) is 6.12. The van der Waals surface area contributed by atoms with E-state index in [4.69, 9.17) is 4.42 Å². The number of nitrogens with zero attached hydrogens (tertiary/aromatic N) is 4. The second-order valence-electron chi connectivity index (χ2n) is 8.43. The molecule has 1 saturated carbocycles. The highest BCUT2D eigenvalue weighted by molar-refractivity contribution is 6.11. The Bertz CT molecular complexity index is 1130. The van der Waals surface area contributed by atoms with Crippen LogP contribution in [0.5, 0.6) is 0 Å². The molecule has 0 bridgehead atoms. The van der Waals surface area contributed by atoms with Gasteiger partial charge in [0.2, 0.25) is 5.71 Å². The SMILES string of the molecule is Cc1oc2ncnc(NC3(C)CC3)c2c1C(=O)N1CCC2=C(C1)N=CC(CF)C2=O. The highest BCUT2D eigenvalue weighted by Crippen LogP contribution is 2.40. The topological polar surface area (TPSA) is 101 Å². The van der Waals surface area contributed by atoms with Crippen LogP contribution in [0.25, 0.3) is 11.1 Å². The third-order valence-electron chi connectivity index (χ3n) is 6.12. The maximum atomic E-state index is 13.5. The van der Waals surface area contributed by atoms with Gasteiger partial charge in [0.25, 0.3) is 5.91 Å². The standard InChI is InChI=1S/C21H22FN5O3/c1-11-15(16-18(26-21(2)4-5-21)24-10-25-19(16)30-11)20(29)27-6-3-13-14(9-27)23-8-12(7-22)17(13)28/h8,10,12H,3-7,9H2,1-2H3,(H,24,25,26). The summed E-state index contributed by atoms with van der Waals surface area (Å²) in [5, 5.41) is 3.99. The lowest BCUT2D eigenvalue weighted by molar-refractivity contribution is -0.118. The van der Waals surface area contributed by atoms with Crippen molar-refractivity contribution in [3.63, 3.8) is 0 Å². The largest absolute Gasteiger partial charge is 0.442 e. The Kier molecular flexibility index (Phi) is 4.23. The van der Waals surface area contributed by atoms with Crippen LogP contribution < -0.4 is 5.32 Å². The highest BCUT2D eigenvalue weighted by atomic mass is 19.1. The van der Waals surface area contributed by atoms with Gasteiger partial charge >= 0.3 is 0 Å². The summed E-state index contributed by atoms with van der Waals surface area (Å²) in [5.41, 5.74) is 1.84. The molecule has 1 fully saturated rings. The van der Waals surface area contributed by atoms with Crippen LogP contribution >= 0.6 is 0 Å². The van der Waals surface area contributed by atoms with Crippen molar-refractivity contribution in [1.29, 1.82) is 0 Å². The molecule has 8 nitrogen and oxygen atoms in total. The van der Waals surface area contributed by atoms with E-state index >= 15 is 0 Å². The van der Waals surface area contributed by atoms with Crippen molar-refractivity contribution in [2.75, 3.05) is 25.1 Å². The molecule has 0 spiro atoms. The van der Waals surface area contributed by atoms with Gasteiger partial charge in [0.1, 0.15) is 24.6 Å². The van der Waals surface area contributed by atoms with E-state index in [2.05, 4.69) is 27.2 Å². The number of Topliss-reactive ketones (excluding diaryl/α,β-unsaturated/α-hetero) is 1. The fourth-order valence-electron chi connectivity index (χ4n) is 4.04. The van der Waals surface area contributed by atoms with E-state index in [0.717, 1.165) is 12.8 Å². The van der Waals surface area contributed by atoms with E-state index in [1.807, 2.05) is 0 Å². The van der Waals surface area contributed by atoms with E-state index in [9.17, 15) is 14.0 Å². The number of anilines is 1. The lowest BCUT2D eigenvalue weighted by Crippen LogP contribution is -2.40. The number of aryl methyl sites for hydroxylation is 1. The second kappa shape index (κ2) is 6.72. The van der Waals surface area contributed by atoms with Crippen molar-refractivity contribution in [2.24, 2.45) is 10.9 Å². The summed E-state index contributed by atoms with van der Waals surface area (Å²) in [6.45, 7) is 3.65. The molecule has 30 heavy (non-hydrogen) atoms. The van der Waals surface area contributed by atoms with Crippen molar-refractivity contribution < 1.29 is 18.4 Å². The zero-order valence-corrected chi connectivity index (χ0v) is 16.9. The third kappa shape index (κ3) is 3.00. The Hall–Kier alpha value is -3.10. The molecule has 5 rings (SSSR count). The molecule has 2 aromatic rings. The van der Waals surface area contributed by atoms with Gasteiger partial charge in [-0.3, -0.25) is 14.6 Å². The minimum Gasteiger partial charge on any atom is -0.442 e. The van der Waals surface area contributed by atoms with Crippen LogP contribution in [0.15, 0.2) is 27.0 Å². The van der Waals surface area contributed by atoms with Crippen LogP contribution in [0.3, 0.4) is 0 Å². The summed E-state index contributed by atoms with van der Waals surface area (Å²) in [7, 11) is 0. The number of nitrogens with one attached hydrogen (secondary N) is 1. The van der Waals surface area contributed by atoms with Gasteiger partial charge in [-0.2, -0.15) is 0 Å². The first-order valence-electron chi connectivity index (χ1n) is 10.1. The van der Waals surface area contributed by atoms with Crippen LogP contribution in [0, 0.1) is 12.8 Å². The number of alkyl halides is 1. The lowest BCUT2D eigenvalue weighted by Gasteiger charge is -2.31. The Morgan fingerprint density at radius 3 is 2.93 bits per heavy atom. The minimum atomic E-state index is -0.805. The van der Waals surface area contributed by atoms with Crippen molar-refractivity contribution in [1.82, 2.24) is 14.9 Å². The number of amides is 1. The van der Waals surface area contributed by atoms with Gasteiger partial charge in [-0.05, 0) is 33.1 Å². The number of hydrogen-bond donors (Lipinski definition) is 1. The van der Waals surface area contributed by atoms with Crippen LogP contribution in [-0.4, -0.2) is 58.1 Å². The van der Waals surface area contributed by atoms with Gasteiger partial charge in [-0.15, -0.1) is 0 Å². The molecule has 2 aromatic heterocycles. The summed E-state index contributed by atoms with van der Waals surface area (Å²) in [5.74, 6) is -0.182. The fourth-order valence-corrected chi connectivity index (χ4v) is 4.04. The van der Waals surface area contributed by atoms with Gasteiger partial charge in [-0.25, -0.2) is 14.4 Å². The van der Waals surface area contributed by atoms with Gasteiger partial charge in [0.05, 0.1) is 29.1 Å². The molecule has 0 aromatic carbocycles. The molecule has 9 heteroatoms. The molecule has 0 saturated heterocycles. The molecule has 156 valence electrons. The number of fused-ring (bicyclic) bond motifs is 1. The maximum absolute atomic E-state index is 13.5. The van der Waals surface area contributed by atoms with Crippen LogP contribution in [0.2, 0.25) is 0 Å². The van der Waals surface area contributed by atoms with Gasteiger partial charge in [0.15, 0.2) is 5.78 Å². The molecular weight excluding hydrogens is 389 g/mol. The van der Waals surface area contributed by atoms with E-state index in [1.54, 1.807) is 11.8 Å². The van der Waals surface area contributed by atoms with Gasteiger partial charge in [-0.1, -0.05) is 0 Å². The molecule has 1 atom stereocenters. The first-order chi connectivity index (χ1) is 14.4. The molecule has 1 N–H and O–H groups in total. The van der Waals surface area contributed by atoms with E-state index < -0.39 is 12.6 Å². The average molecular weight is 411 g/mol. The predicted octanol–water partition coefficient (Wildman–Crippen LogP) is 2.83. The minimum absolute atomic E-state index is 0.0260. The Labute approximate surface area is 172 Å². The number of furan rings is 1. The molecule has 1 unspecified atom stereocenters. The van der Waals surface area contributed by atoms with Crippen molar-refractivity contribution >= 4 is 34.8 Å². The summed E-state index contributed by atoms with van der Waals surface area (Å²) in [6, 6.07) is 0.